The van der Waals surface area contributed by atoms with E-state index in [-0.39, 0.29) is 22.1 Å². The zero-order valence-corrected chi connectivity index (χ0v) is 17.2. The van der Waals surface area contributed by atoms with Crippen molar-refractivity contribution in [1.29, 1.82) is 0 Å². The molecule has 0 saturated heterocycles. The van der Waals surface area contributed by atoms with Gasteiger partial charge in [0.15, 0.2) is 11.6 Å². The lowest BCUT2D eigenvalue weighted by atomic mass is 10.2. The van der Waals surface area contributed by atoms with Crippen LogP contribution in [0.4, 0.5) is 17.3 Å². The minimum Gasteiger partial charge on any atom is -0.478 e. The van der Waals surface area contributed by atoms with Crippen LogP contribution in [0.1, 0.15) is 15.9 Å². The van der Waals surface area contributed by atoms with Crippen LogP contribution in [-0.4, -0.2) is 29.5 Å². The molecule has 0 aliphatic carbocycles. The van der Waals surface area contributed by atoms with E-state index in [0.29, 0.717) is 16.7 Å². The second-order valence-corrected chi connectivity index (χ2v) is 8.52. The van der Waals surface area contributed by atoms with Crippen LogP contribution in [0.3, 0.4) is 0 Å². The Hall–Kier alpha value is -3.98. The van der Waals surface area contributed by atoms with Crippen LogP contribution in [0.15, 0.2) is 77.7 Å². The monoisotopic (exact) mass is 434 g/mol. The maximum atomic E-state index is 12.9. The summed E-state index contributed by atoms with van der Waals surface area (Å²) < 4.78 is 28.4. The third kappa shape index (κ3) is 4.46. The number of nitrogens with one attached hydrogen (secondary N) is 2. The molecule has 156 valence electrons. The van der Waals surface area contributed by atoms with E-state index in [0.717, 1.165) is 5.56 Å². The predicted octanol–water partition coefficient (Wildman–Crippen LogP) is 4.18. The molecule has 0 spiro atoms. The summed E-state index contributed by atoms with van der Waals surface area (Å²) in [6.07, 6.45) is 0. The number of anilines is 3. The molecule has 0 saturated carbocycles. The summed E-state index contributed by atoms with van der Waals surface area (Å²) in [5, 5.41) is 12.1. The fourth-order valence-electron chi connectivity index (χ4n) is 2.96. The number of para-hydroxylation sites is 2. The molecule has 9 heteroatoms. The summed E-state index contributed by atoms with van der Waals surface area (Å²) in [6.45, 7) is 1.81. The molecule has 4 aromatic rings. The van der Waals surface area contributed by atoms with E-state index in [2.05, 4.69) is 20.0 Å². The molecule has 0 atom stereocenters. The van der Waals surface area contributed by atoms with E-state index < -0.39 is 16.0 Å². The summed E-state index contributed by atoms with van der Waals surface area (Å²) in [7, 11) is -3.91. The summed E-state index contributed by atoms with van der Waals surface area (Å²) in [5.74, 6) is -0.816. The minimum absolute atomic E-state index is 0.0301. The maximum Gasteiger partial charge on any atom is 0.335 e. The number of fused-ring (bicyclic) bond motifs is 1. The molecule has 8 nitrogen and oxygen atoms in total. The Morgan fingerprint density at radius 2 is 1.52 bits per heavy atom. The largest absolute Gasteiger partial charge is 0.478 e. The number of aromatic carboxylic acids is 1. The van der Waals surface area contributed by atoms with E-state index in [4.69, 9.17) is 5.11 Å². The number of hydrogen-bond donors (Lipinski definition) is 3. The number of rotatable bonds is 6. The van der Waals surface area contributed by atoms with Crippen molar-refractivity contribution in [3.8, 4) is 0 Å². The molecule has 1 aromatic heterocycles. The molecule has 0 unspecified atom stereocenters. The molecule has 1 heterocycles. The molecule has 31 heavy (non-hydrogen) atoms. The van der Waals surface area contributed by atoms with E-state index in [1.165, 1.54) is 18.2 Å². The van der Waals surface area contributed by atoms with Crippen LogP contribution in [0.25, 0.3) is 11.0 Å². The third-order valence-electron chi connectivity index (χ3n) is 4.50. The van der Waals surface area contributed by atoms with Gasteiger partial charge in [-0.2, -0.15) is 0 Å². The average molecular weight is 434 g/mol. The van der Waals surface area contributed by atoms with E-state index >= 15 is 0 Å². The number of hydrogen-bond acceptors (Lipinski definition) is 6. The molecule has 0 aliphatic rings. The van der Waals surface area contributed by atoms with Gasteiger partial charge in [0.25, 0.3) is 10.0 Å². The Bertz CT molecular complexity index is 1390. The Labute approximate surface area is 178 Å². The zero-order valence-electron chi connectivity index (χ0n) is 16.4. The summed E-state index contributed by atoms with van der Waals surface area (Å²) in [5.41, 5.74) is 2.58. The molecular weight excluding hydrogens is 416 g/mol. The molecule has 0 bridgehead atoms. The zero-order chi connectivity index (χ0) is 22.0. The van der Waals surface area contributed by atoms with Gasteiger partial charge in [0.2, 0.25) is 0 Å². The van der Waals surface area contributed by atoms with Gasteiger partial charge in [0.1, 0.15) is 0 Å². The van der Waals surface area contributed by atoms with Gasteiger partial charge in [-0.05, 0) is 61.0 Å². The van der Waals surface area contributed by atoms with Crippen molar-refractivity contribution in [3.63, 3.8) is 0 Å². The maximum absolute atomic E-state index is 12.9. The number of benzene rings is 3. The Morgan fingerprint density at radius 3 is 2.13 bits per heavy atom. The highest BCUT2D eigenvalue weighted by molar-refractivity contribution is 7.92. The lowest BCUT2D eigenvalue weighted by molar-refractivity contribution is 0.0697. The first-order valence-corrected chi connectivity index (χ1v) is 10.8. The van der Waals surface area contributed by atoms with E-state index in [1.54, 1.807) is 48.5 Å². The lowest BCUT2D eigenvalue weighted by Crippen LogP contribution is -2.16. The first-order valence-electron chi connectivity index (χ1n) is 9.28. The van der Waals surface area contributed by atoms with Crippen molar-refractivity contribution in [2.75, 3.05) is 10.0 Å². The average Bonchev–Trinajstić information content (AvgIpc) is 2.74. The first kappa shape index (κ1) is 20.3. The Balaban J connectivity index is 1.75. The van der Waals surface area contributed by atoms with Crippen LogP contribution in [0.5, 0.6) is 0 Å². The van der Waals surface area contributed by atoms with E-state index in [1.807, 2.05) is 13.0 Å². The van der Waals surface area contributed by atoms with Crippen LogP contribution < -0.4 is 10.0 Å². The van der Waals surface area contributed by atoms with Gasteiger partial charge in [-0.25, -0.2) is 23.2 Å². The van der Waals surface area contributed by atoms with Crippen molar-refractivity contribution in [2.45, 2.75) is 11.8 Å². The van der Waals surface area contributed by atoms with E-state index in [9.17, 15) is 13.2 Å². The highest BCUT2D eigenvalue weighted by Crippen LogP contribution is 2.27. The van der Waals surface area contributed by atoms with Gasteiger partial charge < -0.3 is 10.4 Å². The van der Waals surface area contributed by atoms with Crippen molar-refractivity contribution >= 4 is 44.3 Å². The molecule has 3 aromatic carbocycles. The topological polar surface area (TPSA) is 121 Å². The first-order chi connectivity index (χ1) is 14.8. The van der Waals surface area contributed by atoms with Crippen molar-refractivity contribution < 1.29 is 18.3 Å². The number of nitrogens with zero attached hydrogens (tertiary/aromatic N) is 2. The van der Waals surface area contributed by atoms with Crippen LogP contribution in [0.2, 0.25) is 0 Å². The van der Waals surface area contributed by atoms with Gasteiger partial charge in [0, 0.05) is 5.69 Å². The molecule has 0 radical (unpaired) electrons. The molecular formula is C22H18N4O4S. The van der Waals surface area contributed by atoms with Gasteiger partial charge in [-0.1, -0.05) is 24.3 Å². The second-order valence-electron chi connectivity index (χ2n) is 6.84. The van der Waals surface area contributed by atoms with Gasteiger partial charge in [0.05, 0.1) is 21.5 Å². The SMILES string of the molecule is Cc1cccc(S(=O)(=O)Nc2nc3ccccc3nc2Nc2ccc(C(=O)O)cc2)c1. The predicted molar refractivity (Wildman–Crippen MR) is 118 cm³/mol. The number of aromatic nitrogens is 2. The Kier molecular flexibility index (Phi) is 5.26. The fourth-order valence-corrected chi connectivity index (χ4v) is 4.07. The summed E-state index contributed by atoms with van der Waals surface area (Å²) in [6, 6.07) is 19.6. The third-order valence-corrected chi connectivity index (χ3v) is 5.83. The minimum atomic E-state index is -3.91. The second kappa shape index (κ2) is 8.04. The molecule has 0 fully saturated rings. The normalized spacial score (nSPS) is 11.3. The Morgan fingerprint density at radius 1 is 0.871 bits per heavy atom. The van der Waals surface area contributed by atoms with Crippen LogP contribution in [0, 0.1) is 6.92 Å². The number of sulfonamides is 1. The standard InChI is InChI=1S/C22H18N4O4S/c1-14-5-4-6-17(13-14)31(29,30)26-21-20(24-18-7-2-3-8-19(18)25-21)23-16-11-9-15(10-12-16)22(27)28/h2-13H,1H3,(H,23,24)(H,25,26)(H,27,28). The van der Waals surface area contributed by atoms with Gasteiger partial charge in [-0.15, -0.1) is 0 Å². The van der Waals surface area contributed by atoms with Crippen molar-refractivity contribution in [1.82, 2.24) is 9.97 Å². The molecule has 0 amide bonds. The molecule has 4 rings (SSSR count). The van der Waals surface area contributed by atoms with Gasteiger partial charge in [-0.3, -0.25) is 4.72 Å². The van der Waals surface area contributed by atoms with Crippen molar-refractivity contribution in [3.05, 3.63) is 83.9 Å². The number of aryl methyl sites for hydroxylation is 1. The van der Waals surface area contributed by atoms with Crippen molar-refractivity contribution in [2.24, 2.45) is 0 Å². The number of carbonyl (C=O) groups is 1. The fraction of sp³-hybridized carbons (Fsp3) is 0.0455. The molecule has 0 aliphatic heterocycles. The number of carboxylic acid groups (broad SMARTS) is 1. The number of carboxylic acids is 1. The van der Waals surface area contributed by atoms with Gasteiger partial charge >= 0.3 is 5.97 Å². The highest BCUT2D eigenvalue weighted by Gasteiger charge is 2.19. The smallest absolute Gasteiger partial charge is 0.335 e. The highest BCUT2D eigenvalue weighted by atomic mass is 32.2. The quantitative estimate of drug-likeness (QED) is 0.416. The van der Waals surface area contributed by atoms with Crippen LogP contribution >= 0.6 is 0 Å². The molecule has 3 N–H and O–H groups in total. The summed E-state index contributed by atoms with van der Waals surface area (Å²) in [4.78, 5) is 20.1. The van der Waals surface area contributed by atoms with Crippen LogP contribution in [-0.2, 0) is 10.0 Å². The lowest BCUT2D eigenvalue weighted by Gasteiger charge is -2.14. The summed E-state index contributed by atoms with van der Waals surface area (Å²) >= 11 is 0.